The zero-order valence-electron chi connectivity index (χ0n) is 9.94. The Labute approximate surface area is 104 Å². The van der Waals surface area contributed by atoms with Gasteiger partial charge in [0.1, 0.15) is 0 Å². The van der Waals surface area contributed by atoms with Crippen molar-refractivity contribution in [1.29, 1.82) is 0 Å². The molecule has 98 valence electrons. The summed E-state index contributed by atoms with van der Waals surface area (Å²) in [5.41, 5.74) is 5.52. The summed E-state index contributed by atoms with van der Waals surface area (Å²) in [4.78, 5) is 23.1. The Morgan fingerprint density at radius 3 is 2.78 bits per heavy atom. The van der Waals surface area contributed by atoms with Crippen LogP contribution in [0.1, 0.15) is 6.92 Å². The first kappa shape index (κ1) is 14.1. The van der Waals surface area contributed by atoms with E-state index in [4.69, 9.17) is 10.8 Å². The molecular formula is C11H15N3O4. The molecule has 1 amide bonds. The number of aliphatic hydroxyl groups excluding tert-OH is 1. The standard InChI is InChI=1S/C11H15N3O4/c1-8(7-15)13(11(16)6-12)9-3-2-4-10(5-9)14(17)18/h2-5,8,15H,6-7,12H2,1H3/t8-/m1/s1. The van der Waals surface area contributed by atoms with Crippen LogP contribution in [0.15, 0.2) is 24.3 Å². The number of carbonyl (C=O) groups is 1. The molecule has 0 saturated heterocycles. The molecule has 0 heterocycles. The summed E-state index contributed by atoms with van der Waals surface area (Å²) in [7, 11) is 0. The summed E-state index contributed by atoms with van der Waals surface area (Å²) < 4.78 is 0. The fourth-order valence-corrected chi connectivity index (χ4v) is 1.58. The van der Waals surface area contributed by atoms with Gasteiger partial charge in [0.05, 0.1) is 29.8 Å². The lowest BCUT2D eigenvalue weighted by molar-refractivity contribution is -0.384. The Bertz CT molecular complexity index is 450. The van der Waals surface area contributed by atoms with E-state index >= 15 is 0 Å². The molecule has 1 rings (SSSR count). The van der Waals surface area contributed by atoms with Crippen molar-refractivity contribution in [2.24, 2.45) is 5.73 Å². The van der Waals surface area contributed by atoms with Crippen molar-refractivity contribution in [2.45, 2.75) is 13.0 Å². The van der Waals surface area contributed by atoms with Crippen molar-refractivity contribution in [2.75, 3.05) is 18.1 Å². The van der Waals surface area contributed by atoms with E-state index in [1.165, 1.54) is 23.1 Å². The first-order valence-corrected chi connectivity index (χ1v) is 5.38. The van der Waals surface area contributed by atoms with E-state index in [-0.39, 0.29) is 18.8 Å². The third-order valence-electron chi connectivity index (χ3n) is 2.47. The summed E-state index contributed by atoms with van der Waals surface area (Å²) in [5, 5.41) is 19.8. The zero-order valence-corrected chi connectivity index (χ0v) is 9.94. The van der Waals surface area contributed by atoms with Gasteiger partial charge < -0.3 is 15.7 Å². The lowest BCUT2D eigenvalue weighted by Gasteiger charge is -2.27. The Kier molecular flexibility index (Phi) is 4.75. The maximum atomic E-state index is 11.7. The molecule has 1 atom stereocenters. The van der Waals surface area contributed by atoms with Gasteiger partial charge >= 0.3 is 0 Å². The minimum Gasteiger partial charge on any atom is -0.394 e. The van der Waals surface area contributed by atoms with Gasteiger partial charge in [0, 0.05) is 12.1 Å². The Morgan fingerprint density at radius 2 is 2.28 bits per heavy atom. The third kappa shape index (κ3) is 3.02. The number of nitrogens with two attached hydrogens (primary N) is 1. The Hall–Kier alpha value is -1.99. The molecule has 0 aliphatic heterocycles. The Morgan fingerprint density at radius 1 is 1.61 bits per heavy atom. The minimum absolute atomic E-state index is 0.118. The molecule has 18 heavy (non-hydrogen) atoms. The molecule has 3 N–H and O–H groups in total. The third-order valence-corrected chi connectivity index (χ3v) is 2.47. The van der Waals surface area contributed by atoms with Crippen LogP contribution in [0.3, 0.4) is 0 Å². The molecular weight excluding hydrogens is 238 g/mol. The number of nitro groups is 1. The van der Waals surface area contributed by atoms with Crippen LogP contribution in [0, 0.1) is 10.1 Å². The highest BCUT2D eigenvalue weighted by Crippen LogP contribution is 2.22. The van der Waals surface area contributed by atoms with Crippen LogP contribution in [0.5, 0.6) is 0 Å². The van der Waals surface area contributed by atoms with Crippen LogP contribution in [-0.2, 0) is 4.79 Å². The number of hydrogen-bond donors (Lipinski definition) is 2. The molecule has 1 aromatic carbocycles. The summed E-state index contributed by atoms with van der Waals surface area (Å²) in [6.07, 6.45) is 0. The zero-order chi connectivity index (χ0) is 13.7. The van der Waals surface area contributed by atoms with Gasteiger partial charge in [-0.3, -0.25) is 14.9 Å². The molecule has 7 nitrogen and oxygen atoms in total. The molecule has 0 bridgehead atoms. The van der Waals surface area contributed by atoms with Gasteiger partial charge in [-0.1, -0.05) is 6.07 Å². The number of amides is 1. The maximum absolute atomic E-state index is 11.7. The van der Waals surface area contributed by atoms with Crippen molar-refractivity contribution in [1.82, 2.24) is 0 Å². The topological polar surface area (TPSA) is 110 Å². The number of benzene rings is 1. The molecule has 7 heteroatoms. The molecule has 0 radical (unpaired) electrons. The van der Waals surface area contributed by atoms with Crippen molar-refractivity contribution in [3.63, 3.8) is 0 Å². The van der Waals surface area contributed by atoms with Gasteiger partial charge in [0.2, 0.25) is 5.91 Å². The number of aliphatic hydroxyl groups is 1. The summed E-state index contributed by atoms with van der Waals surface area (Å²) in [5.74, 6) is -0.406. The van der Waals surface area contributed by atoms with Crippen LogP contribution < -0.4 is 10.6 Å². The number of nitro benzene ring substituents is 1. The molecule has 0 unspecified atom stereocenters. The fraction of sp³-hybridized carbons (Fsp3) is 0.364. The molecule has 1 aromatic rings. The van der Waals surface area contributed by atoms with Crippen LogP contribution in [-0.4, -0.2) is 35.1 Å². The van der Waals surface area contributed by atoms with E-state index in [2.05, 4.69) is 0 Å². The van der Waals surface area contributed by atoms with Gasteiger partial charge in [-0.25, -0.2) is 0 Å². The number of anilines is 1. The van der Waals surface area contributed by atoms with Crippen molar-refractivity contribution in [3.05, 3.63) is 34.4 Å². The van der Waals surface area contributed by atoms with Crippen LogP contribution in [0.4, 0.5) is 11.4 Å². The van der Waals surface area contributed by atoms with Crippen molar-refractivity contribution in [3.8, 4) is 0 Å². The molecule has 0 saturated carbocycles. The highest BCUT2D eigenvalue weighted by Gasteiger charge is 2.21. The van der Waals surface area contributed by atoms with E-state index < -0.39 is 16.9 Å². The smallest absolute Gasteiger partial charge is 0.271 e. The summed E-state index contributed by atoms with van der Waals surface area (Å²) in [6.45, 7) is 1.15. The van der Waals surface area contributed by atoms with Gasteiger partial charge in [0.25, 0.3) is 5.69 Å². The molecule has 0 aliphatic rings. The second-order valence-electron chi connectivity index (χ2n) is 3.78. The maximum Gasteiger partial charge on any atom is 0.271 e. The van der Waals surface area contributed by atoms with Crippen LogP contribution in [0.25, 0.3) is 0 Å². The van der Waals surface area contributed by atoms with Crippen molar-refractivity contribution < 1.29 is 14.8 Å². The predicted octanol–water partition coefficient (Wildman–Crippen LogP) is 0.267. The van der Waals surface area contributed by atoms with Gasteiger partial charge in [0.15, 0.2) is 0 Å². The molecule has 0 spiro atoms. The first-order chi connectivity index (χ1) is 8.51. The largest absolute Gasteiger partial charge is 0.394 e. The van der Waals surface area contributed by atoms with Gasteiger partial charge in [-0.2, -0.15) is 0 Å². The molecule has 0 fully saturated rings. The quantitative estimate of drug-likeness (QED) is 0.578. The monoisotopic (exact) mass is 253 g/mol. The molecule has 0 aliphatic carbocycles. The lowest BCUT2D eigenvalue weighted by Crippen LogP contribution is -2.44. The average molecular weight is 253 g/mol. The number of carbonyl (C=O) groups excluding carboxylic acids is 1. The number of non-ortho nitro benzene ring substituents is 1. The highest BCUT2D eigenvalue weighted by molar-refractivity contribution is 5.95. The van der Waals surface area contributed by atoms with Crippen LogP contribution >= 0.6 is 0 Å². The van der Waals surface area contributed by atoms with Crippen molar-refractivity contribution >= 4 is 17.3 Å². The lowest BCUT2D eigenvalue weighted by atomic mass is 10.2. The van der Waals surface area contributed by atoms with Crippen LogP contribution in [0.2, 0.25) is 0 Å². The van der Waals surface area contributed by atoms with E-state index in [0.29, 0.717) is 5.69 Å². The van der Waals surface area contributed by atoms with E-state index in [9.17, 15) is 14.9 Å². The Balaban J connectivity index is 3.16. The van der Waals surface area contributed by atoms with Gasteiger partial charge in [-0.05, 0) is 13.0 Å². The average Bonchev–Trinajstić information content (AvgIpc) is 2.38. The summed E-state index contributed by atoms with van der Waals surface area (Å²) >= 11 is 0. The first-order valence-electron chi connectivity index (χ1n) is 5.38. The predicted molar refractivity (Wildman–Crippen MR) is 66.2 cm³/mol. The number of nitrogens with zero attached hydrogens (tertiary/aromatic N) is 2. The number of hydrogen-bond acceptors (Lipinski definition) is 5. The van der Waals surface area contributed by atoms with E-state index in [1.54, 1.807) is 13.0 Å². The molecule has 0 aromatic heterocycles. The van der Waals surface area contributed by atoms with Gasteiger partial charge in [-0.15, -0.1) is 0 Å². The number of rotatable bonds is 5. The highest BCUT2D eigenvalue weighted by atomic mass is 16.6. The summed E-state index contributed by atoms with van der Waals surface area (Å²) in [6, 6.07) is 5.15. The van der Waals surface area contributed by atoms with E-state index in [1.807, 2.05) is 0 Å². The van der Waals surface area contributed by atoms with E-state index in [0.717, 1.165) is 0 Å². The second-order valence-corrected chi connectivity index (χ2v) is 3.78. The SMILES string of the molecule is C[C@H](CO)N(C(=O)CN)c1cccc([N+](=O)[O-])c1. The normalized spacial score (nSPS) is 11.9. The second kappa shape index (κ2) is 6.08. The fourth-order valence-electron chi connectivity index (χ4n) is 1.58. The minimum atomic E-state index is -0.543.